The molecule has 0 unspecified atom stereocenters. The van der Waals surface area contributed by atoms with E-state index in [0.717, 1.165) is 0 Å². The number of aliphatic hydroxyl groups excluding tert-OH is 1. The summed E-state index contributed by atoms with van der Waals surface area (Å²) < 4.78 is 5.06. The van der Waals surface area contributed by atoms with Gasteiger partial charge in [0.25, 0.3) is 17.4 Å². The van der Waals surface area contributed by atoms with Crippen LogP contribution in [-0.4, -0.2) is 49.2 Å². The fraction of sp³-hybridized carbons (Fsp3) is 0.231. The first-order valence-corrected chi connectivity index (χ1v) is 11.4. The second-order valence-electron chi connectivity index (χ2n) is 8.49. The number of ketones is 1. The number of nitrogens with one attached hydrogen (secondary N) is 1. The van der Waals surface area contributed by atoms with Gasteiger partial charge in [0, 0.05) is 42.3 Å². The number of hydrogen-bond acceptors (Lipinski definition) is 8. The molecule has 190 valence electrons. The van der Waals surface area contributed by atoms with Crippen molar-refractivity contribution in [3.05, 3.63) is 98.1 Å². The lowest BCUT2D eigenvalue weighted by atomic mass is 9.93. The highest BCUT2D eigenvalue weighted by Crippen LogP contribution is 2.42. The van der Waals surface area contributed by atoms with Crippen molar-refractivity contribution in [1.82, 2.24) is 14.9 Å². The van der Waals surface area contributed by atoms with Gasteiger partial charge in [-0.3, -0.25) is 24.7 Å². The van der Waals surface area contributed by atoms with E-state index < -0.39 is 34.4 Å². The predicted octanol–water partition coefficient (Wildman–Crippen LogP) is 3.73. The van der Waals surface area contributed by atoms with Crippen molar-refractivity contribution in [2.24, 2.45) is 0 Å². The molecule has 0 saturated carbocycles. The highest BCUT2D eigenvalue weighted by atomic mass is 16.6. The summed E-state index contributed by atoms with van der Waals surface area (Å²) >= 11 is 0. The summed E-state index contributed by atoms with van der Waals surface area (Å²) in [5, 5.41) is 22.9. The Morgan fingerprint density at radius 1 is 1.24 bits per heavy atom. The molecule has 0 bridgehead atoms. The van der Waals surface area contributed by atoms with E-state index in [0.29, 0.717) is 16.8 Å². The summed E-state index contributed by atoms with van der Waals surface area (Å²) in [6, 6.07) is 7.83. The molecule has 2 aromatic heterocycles. The average molecular weight is 504 g/mol. The van der Waals surface area contributed by atoms with E-state index in [2.05, 4.69) is 9.97 Å². The van der Waals surface area contributed by atoms with E-state index in [1.54, 1.807) is 45.2 Å². The van der Waals surface area contributed by atoms with Gasteiger partial charge in [0.05, 0.1) is 23.1 Å². The van der Waals surface area contributed by atoms with Gasteiger partial charge < -0.3 is 19.7 Å². The summed E-state index contributed by atoms with van der Waals surface area (Å²) in [6.45, 7) is 4.97. The smallest absolute Gasteiger partial charge is 0.355 e. The first-order valence-electron chi connectivity index (χ1n) is 11.4. The molecule has 11 heteroatoms. The molecule has 37 heavy (non-hydrogen) atoms. The largest absolute Gasteiger partial charge is 0.507 e. The molecule has 0 spiro atoms. The number of hydrogen-bond donors (Lipinski definition) is 2. The van der Waals surface area contributed by atoms with Crippen molar-refractivity contribution in [3.8, 4) is 0 Å². The van der Waals surface area contributed by atoms with Gasteiger partial charge in [-0.2, -0.15) is 0 Å². The van der Waals surface area contributed by atoms with Crippen molar-refractivity contribution >= 4 is 29.1 Å². The van der Waals surface area contributed by atoms with Gasteiger partial charge >= 0.3 is 5.97 Å². The van der Waals surface area contributed by atoms with E-state index in [-0.39, 0.29) is 41.2 Å². The Morgan fingerprint density at radius 2 is 2.00 bits per heavy atom. The minimum absolute atomic E-state index is 0.0261. The fourth-order valence-electron chi connectivity index (χ4n) is 4.53. The Kier molecular flexibility index (Phi) is 6.87. The van der Waals surface area contributed by atoms with Crippen molar-refractivity contribution < 1.29 is 29.2 Å². The lowest BCUT2D eigenvalue weighted by molar-refractivity contribution is -0.384. The minimum atomic E-state index is -1.13. The lowest BCUT2D eigenvalue weighted by Gasteiger charge is -2.25. The summed E-state index contributed by atoms with van der Waals surface area (Å²) in [5.74, 6) is -2.95. The maximum atomic E-state index is 13.3. The number of carbonyl (C=O) groups excluding carboxylic acids is 3. The van der Waals surface area contributed by atoms with Crippen LogP contribution < -0.4 is 0 Å². The average Bonchev–Trinajstić information content (AvgIpc) is 3.32. The number of nitro groups is 1. The van der Waals surface area contributed by atoms with E-state index >= 15 is 0 Å². The SMILES string of the molecule is CCOC(=O)c1[nH]c(C)c(C(O)=C2C(=O)C(=O)N(Cc3cccnc3)[C@H]2c2cccc([N+](=O)[O-])c2)c1C. The third kappa shape index (κ3) is 4.58. The second-order valence-corrected chi connectivity index (χ2v) is 8.49. The highest BCUT2D eigenvalue weighted by Gasteiger charge is 2.47. The molecule has 1 amide bonds. The fourth-order valence-corrected chi connectivity index (χ4v) is 4.53. The van der Waals surface area contributed by atoms with Crippen LogP contribution in [0.25, 0.3) is 5.76 Å². The van der Waals surface area contributed by atoms with Crippen LogP contribution in [0.1, 0.15) is 51.4 Å². The number of rotatable bonds is 7. The zero-order valence-corrected chi connectivity index (χ0v) is 20.3. The monoisotopic (exact) mass is 504 g/mol. The summed E-state index contributed by atoms with van der Waals surface area (Å²) in [4.78, 5) is 58.0. The molecule has 3 heterocycles. The molecular weight excluding hydrogens is 480 g/mol. The number of Topliss-reactive ketones (excluding diaryl/α,β-unsaturated/α-hetero) is 1. The number of carbonyl (C=O) groups is 3. The lowest BCUT2D eigenvalue weighted by Crippen LogP contribution is -2.29. The highest BCUT2D eigenvalue weighted by molar-refractivity contribution is 6.46. The van der Waals surface area contributed by atoms with Crippen molar-refractivity contribution in [1.29, 1.82) is 0 Å². The number of nitro benzene ring substituents is 1. The third-order valence-electron chi connectivity index (χ3n) is 6.17. The zero-order valence-electron chi connectivity index (χ0n) is 20.3. The topological polar surface area (TPSA) is 156 Å². The van der Waals surface area contributed by atoms with Crippen LogP contribution in [0.15, 0.2) is 54.4 Å². The van der Waals surface area contributed by atoms with Crippen LogP contribution in [0.2, 0.25) is 0 Å². The molecule has 0 aliphatic carbocycles. The van der Waals surface area contributed by atoms with E-state index in [9.17, 15) is 29.6 Å². The molecule has 1 aromatic carbocycles. The Morgan fingerprint density at radius 3 is 2.65 bits per heavy atom. The van der Waals surface area contributed by atoms with Gasteiger partial charge in [-0.1, -0.05) is 18.2 Å². The van der Waals surface area contributed by atoms with Crippen LogP contribution >= 0.6 is 0 Å². The Bertz CT molecular complexity index is 1440. The zero-order chi connectivity index (χ0) is 26.9. The van der Waals surface area contributed by atoms with Crippen LogP contribution in [0.3, 0.4) is 0 Å². The first kappa shape index (κ1) is 25.3. The number of pyridine rings is 1. The summed E-state index contributed by atoms with van der Waals surface area (Å²) in [5.41, 5.74) is 1.43. The van der Waals surface area contributed by atoms with Gasteiger partial charge in [-0.05, 0) is 43.5 Å². The van der Waals surface area contributed by atoms with E-state index in [4.69, 9.17) is 4.74 Å². The number of H-pyrrole nitrogens is 1. The summed E-state index contributed by atoms with van der Waals surface area (Å²) in [6.07, 6.45) is 3.10. The molecule has 1 fully saturated rings. The molecule has 1 atom stereocenters. The minimum Gasteiger partial charge on any atom is -0.507 e. The second kappa shape index (κ2) is 10.1. The van der Waals surface area contributed by atoms with Crippen molar-refractivity contribution in [3.63, 3.8) is 0 Å². The number of ether oxygens (including phenoxy) is 1. The Labute approximate surface area is 211 Å². The van der Waals surface area contributed by atoms with Crippen LogP contribution in [0.4, 0.5) is 5.69 Å². The molecule has 3 aromatic rings. The van der Waals surface area contributed by atoms with Crippen LogP contribution in [0.5, 0.6) is 0 Å². The number of aryl methyl sites for hydroxylation is 1. The number of esters is 1. The molecule has 1 aliphatic heterocycles. The van der Waals surface area contributed by atoms with Crippen molar-refractivity contribution in [2.45, 2.75) is 33.4 Å². The van der Waals surface area contributed by atoms with Crippen molar-refractivity contribution in [2.75, 3.05) is 6.61 Å². The number of aromatic amines is 1. The summed E-state index contributed by atoms with van der Waals surface area (Å²) in [7, 11) is 0. The first-order chi connectivity index (χ1) is 17.6. The number of benzene rings is 1. The van der Waals surface area contributed by atoms with Crippen LogP contribution in [-0.2, 0) is 20.9 Å². The maximum Gasteiger partial charge on any atom is 0.355 e. The van der Waals surface area contributed by atoms with Gasteiger partial charge in [0.2, 0.25) is 0 Å². The predicted molar refractivity (Wildman–Crippen MR) is 131 cm³/mol. The number of aromatic nitrogens is 2. The van der Waals surface area contributed by atoms with Gasteiger partial charge in [-0.25, -0.2) is 4.79 Å². The van der Waals surface area contributed by atoms with Gasteiger partial charge in [0.15, 0.2) is 0 Å². The number of aliphatic hydroxyl groups is 1. The third-order valence-corrected chi connectivity index (χ3v) is 6.17. The molecule has 0 radical (unpaired) electrons. The molecule has 1 aliphatic rings. The molecule has 4 rings (SSSR count). The molecular formula is C26H24N4O7. The quantitative estimate of drug-likeness (QED) is 0.123. The standard InChI is InChI=1S/C26H24N4O7/c1-4-37-26(34)21-14(2)19(15(3)28-21)23(31)20-22(17-8-5-9-18(11-17)30(35)36)29(25(33)24(20)32)13-16-7-6-10-27-12-16/h5-12,22,28,31H,4,13H2,1-3H3/t22-/m0/s1. The number of nitrogens with zero attached hydrogens (tertiary/aromatic N) is 3. The van der Waals surface area contributed by atoms with Gasteiger partial charge in [-0.15, -0.1) is 0 Å². The molecule has 1 saturated heterocycles. The van der Waals surface area contributed by atoms with E-state index in [1.807, 2.05) is 0 Å². The Hall–Kier alpha value is -4.80. The number of amides is 1. The van der Waals surface area contributed by atoms with Crippen LogP contribution in [0, 0.1) is 24.0 Å². The molecule has 11 nitrogen and oxygen atoms in total. The van der Waals surface area contributed by atoms with E-state index in [1.165, 1.54) is 29.3 Å². The molecule has 2 N–H and O–H groups in total. The maximum absolute atomic E-state index is 13.3. The van der Waals surface area contributed by atoms with Gasteiger partial charge in [0.1, 0.15) is 11.5 Å². The number of likely N-dealkylation sites (tertiary alicyclic amines) is 1. The normalized spacial score (nSPS) is 16.7. The Balaban J connectivity index is 1.92. The number of non-ortho nitro benzene ring substituents is 1.